The van der Waals surface area contributed by atoms with Crippen LogP contribution in [0.3, 0.4) is 0 Å². The first-order valence-electron chi connectivity index (χ1n) is 3.90. The fraction of sp³-hybridized carbons (Fsp3) is 0.200. The molecule has 0 aliphatic heterocycles. The lowest BCUT2D eigenvalue weighted by molar-refractivity contribution is -0.134. The molecule has 0 spiro atoms. The molecule has 3 heteroatoms. The van der Waals surface area contributed by atoms with Crippen molar-refractivity contribution in [3.63, 3.8) is 0 Å². The minimum Gasteiger partial charge on any atom is -0.466 e. The molecule has 0 radical (unpaired) electrons. The Morgan fingerprint density at radius 3 is 2.92 bits per heavy atom. The van der Waals surface area contributed by atoms with Crippen molar-refractivity contribution >= 4 is 12.0 Å². The van der Waals surface area contributed by atoms with Crippen LogP contribution in [0.1, 0.15) is 11.1 Å². The van der Waals surface area contributed by atoms with E-state index in [2.05, 4.69) is 9.72 Å². The van der Waals surface area contributed by atoms with Crippen molar-refractivity contribution in [2.75, 3.05) is 7.11 Å². The van der Waals surface area contributed by atoms with E-state index in [1.54, 1.807) is 18.5 Å². The molecule has 0 bridgehead atoms. The van der Waals surface area contributed by atoms with Gasteiger partial charge in [-0.1, -0.05) is 0 Å². The van der Waals surface area contributed by atoms with Crippen molar-refractivity contribution in [3.8, 4) is 0 Å². The highest BCUT2D eigenvalue weighted by Gasteiger charge is 1.92. The molecular formula is C10H11NO2. The molecule has 3 nitrogen and oxygen atoms in total. The van der Waals surface area contributed by atoms with Gasteiger partial charge in [0.2, 0.25) is 0 Å². The topological polar surface area (TPSA) is 39.2 Å². The van der Waals surface area contributed by atoms with Crippen molar-refractivity contribution in [2.24, 2.45) is 0 Å². The van der Waals surface area contributed by atoms with Crippen LogP contribution in [-0.2, 0) is 9.53 Å². The molecule has 0 N–H and O–H groups in total. The normalized spacial score (nSPS) is 10.3. The van der Waals surface area contributed by atoms with Crippen LogP contribution in [-0.4, -0.2) is 18.1 Å². The number of carbonyl (C=O) groups is 1. The van der Waals surface area contributed by atoms with Gasteiger partial charge in [0.25, 0.3) is 0 Å². The highest BCUT2D eigenvalue weighted by molar-refractivity contribution is 5.86. The van der Waals surface area contributed by atoms with Gasteiger partial charge in [-0.25, -0.2) is 4.79 Å². The molecule has 0 atom stereocenters. The summed E-state index contributed by atoms with van der Waals surface area (Å²) in [4.78, 5) is 14.7. The Bertz CT molecular complexity index is 331. The Hall–Kier alpha value is -1.64. The lowest BCUT2D eigenvalue weighted by Crippen LogP contribution is -1.93. The summed E-state index contributed by atoms with van der Waals surface area (Å²) in [7, 11) is 1.35. The van der Waals surface area contributed by atoms with Crippen LogP contribution >= 0.6 is 0 Å². The van der Waals surface area contributed by atoms with Crippen LogP contribution in [0.15, 0.2) is 24.5 Å². The summed E-state index contributed by atoms with van der Waals surface area (Å²) in [5.41, 5.74) is 1.96. The number of pyridine rings is 1. The molecule has 0 fully saturated rings. The molecule has 68 valence electrons. The number of hydrogen-bond donors (Lipinski definition) is 0. The number of aryl methyl sites for hydroxylation is 1. The summed E-state index contributed by atoms with van der Waals surface area (Å²) in [6, 6.07) is 1.94. The SMILES string of the molecule is COC(=O)/C=C/c1cncc(C)c1. The van der Waals surface area contributed by atoms with Crippen molar-refractivity contribution in [1.29, 1.82) is 0 Å². The Labute approximate surface area is 77.1 Å². The fourth-order valence-electron chi connectivity index (χ4n) is 0.902. The first kappa shape index (κ1) is 9.45. The van der Waals surface area contributed by atoms with Gasteiger partial charge < -0.3 is 4.74 Å². The highest BCUT2D eigenvalue weighted by atomic mass is 16.5. The predicted octanol–water partition coefficient (Wildman–Crippen LogP) is 1.58. The molecule has 0 aromatic carbocycles. The van der Waals surface area contributed by atoms with E-state index in [4.69, 9.17) is 0 Å². The molecule has 0 amide bonds. The third kappa shape index (κ3) is 3.07. The molecule has 0 aliphatic rings. The number of nitrogens with zero attached hydrogens (tertiary/aromatic N) is 1. The number of methoxy groups -OCH3 is 1. The summed E-state index contributed by atoms with van der Waals surface area (Å²) >= 11 is 0. The smallest absolute Gasteiger partial charge is 0.330 e. The predicted molar refractivity (Wildman–Crippen MR) is 50.0 cm³/mol. The Morgan fingerprint density at radius 1 is 1.54 bits per heavy atom. The average Bonchev–Trinajstić information content (AvgIpc) is 2.14. The van der Waals surface area contributed by atoms with Gasteiger partial charge in [0.1, 0.15) is 0 Å². The summed E-state index contributed by atoms with van der Waals surface area (Å²) in [6.07, 6.45) is 6.49. The number of rotatable bonds is 2. The zero-order chi connectivity index (χ0) is 9.68. The monoisotopic (exact) mass is 177 g/mol. The minimum atomic E-state index is -0.360. The Kier molecular flexibility index (Phi) is 3.20. The number of hydrogen-bond acceptors (Lipinski definition) is 3. The number of esters is 1. The average molecular weight is 177 g/mol. The maximum atomic E-state index is 10.7. The lowest BCUT2D eigenvalue weighted by atomic mass is 10.2. The molecule has 1 aromatic rings. The van der Waals surface area contributed by atoms with Crippen molar-refractivity contribution < 1.29 is 9.53 Å². The molecule has 0 saturated heterocycles. The van der Waals surface area contributed by atoms with Gasteiger partial charge in [-0.15, -0.1) is 0 Å². The van der Waals surface area contributed by atoms with Gasteiger partial charge in [-0.3, -0.25) is 4.98 Å². The van der Waals surface area contributed by atoms with Gasteiger partial charge in [0.05, 0.1) is 7.11 Å². The second kappa shape index (κ2) is 4.40. The van der Waals surface area contributed by atoms with E-state index in [9.17, 15) is 4.79 Å². The maximum Gasteiger partial charge on any atom is 0.330 e. The first-order valence-corrected chi connectivity index (χ1v) is 3.90. The third-order valence-corrected chi connectivity index (χ3v) is 1.51. The van der Waals surface area contributed by atoms with Crippen molar-refractivity contribution in [2.45, 2.75) is 6.92 Å². The van der Waals surface area contributed by atoms with Crippen molar-refractivity contribution in [3.05, 3.63) is 35.7 Å². The third-order valence-electron chi connectivity index (χ3n) is 1.51. The maximum absolute atomic E-state index is 10.7. The van der Waals surface area contributed by atoms with E-state index in [0.29, 0.717) is 0 Å². The fourth-order valence-corrected chi connectivity index (χ4v) is 0.902. The molecular weight excluding hydrogens is 166 g/mol. The molecule has 0 aliphatic carbocycles. The summed E-state index contributed by atoms with van der Waals surface area (Å²) in [5.74, 6) is -0.360. The van der Waals surface area contributed by atoms with Crippen LogP contribution in [0.5, 0.6) is 0 Å². The van der Waals surface area contributed by atoms with Gasteiger partial charge in [-0.2, -0.15) is 0 Å². The first-order chi connectivity index (χ1) is 6.22. The zero-order valence-electron chi connectivity index (χ0n) is 7.65. The number of carbonyl (C=O) groups excluding carboxylic acids is 1. The highest BCUT2D eigenvalue weighted by Crippen LogP contribution is 2.03. The van der Waals surface area contributed by atoms with Crippen LogP contribution in [0.4, 0.5) is 0 Å². The number of ether oxygens (including phenoxy) is 1. The molecule has 0 saturated carbocycles. The zero-order valence-corrected chi connectivity index (χ0v) is 7.65. The molecule has 0 unspecified atom stereocenters. The molecule has 1 heterocycles. The van der Waals surface area contributed by atoms with E-state index in [-0.39, 0.29) is 5.97 Å². The van der Waals surface area contributed by atoms with E-state index < -0.39 is 0 Å². The van der Waals surface area contributed by atoms with Gasteiger partial charge in [0.15, 0.2) is 0 Å². The van der Waals surface area contributed by atoms with E-state index in [1.165, 1.54) is 13.2 Å². The second-order valence-corrected chi connectivity index (χ2v) is 2.65. The van der Waals surface area contributed by atoms with Crippen LogP contribution in [0, 0.1) is 6.92 Å². The minimum absolute atomic E-state index is 0.360. The second-order valence-electron chi connectivity index (χ2n) is 2.65. The molecule has 1 aromatic heterocycles. The lowest BCUT2D eigenvalue weighted by Gasteiger charge is -1.94. The summed E-state index contributed by atoms with van der Waals surface area (Å²) in [5, 5.41) is 0. The van der Waals surface area contributed by atoms with Crippen LogP contribution < -0.4 is 0 Å². The van der Waals surface area contributed by atoms with E-state index in [0.717, 1.165) is 11.1 Å². The van der Waals surface area contributed by atoms with Gasteiger partial charge in [0, 0.05) is 18.5 Å². The summed E-state index contributed by atoms with van der Waals surface area (Å²) in [6.45, 7) is 1.95. The quantitative estimate of drug-likeness (QED) is 0.508. The molecule has 1 rings (SSSR count). The Balaban J connectivity index is 2.74. The Morgan fingerprint density at radius 2 is 2.31 bits per heavy atom. The van der Waals surface area contributed by atoms with E-state index in [1.807, 2.05) is 13.0 Å². The van der Waals surface area contributed by atoms with Gasteiger partial charge in [-0.05, 0) is 30.2 Å². The standard InChI is InChI=1S/C10H11NO2/c1-8-5-9(7-11-6-8)3-4-10(12)13-2/h3-7H,1-2H3/b4-3+. The van der Waals surface area contributed by atoms with Crippen molar-refractivity contribution in [1.82, 2.24) is 4.98 Å². The summed E-state index contributed by atoms with van der Waals surface area (Å²) < 4.78 is 4.46. The largest absolute Gasteiger partial charge is 0.466 e. The van der Waals surface area contributed by atoms with Crippen LogP contribution in [0.25, 0.3) is 6.08 Å². The van der Waals surface area contributed by atoms with Gasteiger partial charge >= 0.3 is 5.97 Å². The van der Waals surface area contributed by atoms with E-state index >= 15 is 0 Å². The number of aromatic nitrogens is 1. The van der Waals surface area contributed by atoms with Crippen LogP contribution in [0.2, 0.25) is 0 Å². The molecule has 13 heavy (non-hydrogen) atoms.